The van der Waals surface area contributed by atoms with Gasteiger partial charge in [-0.15, -0.1) is 0 Å². The molecule has 142 valence electrons. The SMILES string of the molecule is O=C1CCCN1c1cccc(NS(=O)(=O)c2ccc3c(c2)OCCCO3)c1. The molecule has 0 bridgehead atoms. The van der Waals surface area contributed by atoms with Gasteiger partial charge in [0.2, 0.25) is 5.91 Å². The van der Waals surface area contributed by atoms with Crippen LogP contribution in [0.15, 0.2) is 47.4 Å². The summed E-state index contributed by atoms with van der Waals surface area (Å²) in [5, 5.41) is 0. The lowest BCUT2D eigenvalue weighted by Crippen LogP contribution is -2.23. The normalized spacial score (nSPS) is 16.9. The fraction of sp³-hybridized carbons (Fsp3) is 0.316. The summed E-state index contributed by atoms with van der Waals surface area (Å²) >= 11 is 0. The molecule has 0 aliphatic carbocycles. The highest BCUT2D eigenvalue weighted by Gasteiger charge is 2.23. The third-order valence-electron chi connectivity index (χ3n) is 4.51. The van der Waals surface area contributed by atoms with Gasteiger partial charge in [-0.1, -0.05) is 6.07 Å². The predicted molar refractivity (Wildman–Crippen MR) is 101 cm³/mol. The monoisotopic (exact) mass is 388 g/mol. The van der Waals surface area contributed by atoms with Crippen molar-refractivity contribution in [2.45, 2.75) is 24.2 Å². The van der Waals surface area contributed by atoms with Crippen molar-refractivity contribution < 1.29 is 22.7 Å². The smallest absolute Gasteiger partial charge is 0.262 e. The second-order valence-corrected chi connectivity index (χ2v) is 8.15. The van der Waals surface area contributed by atoms with Crippen LogP contribution in [0.4, 0.5) is 11.4 Å². The number of nitrogens with one attached hydrogen (secondary N) is 1. The summed E-state index contributed by atoms with van der Waals surface area (Å²) in [5.41, 5.74) is 1.09. The lowest BCUT2D eigenvalue weighted by molar-refractivity contribution is -0.117. The molecule has 7 nitrogen and oxygen atoms in total. The minimum atomic E-state index is -3.80. The summed E-state index contributed by atoms with van der Waals surface area (Å²) in [4.78, 5) is 13.7. The number of hydrogen-bond donors (Lipinski definition) is 1. The van der Waals surface area contributed by atoms with E-state index in [1.165, 1.54) is 12.1 Å². The summed E-state index contributed by atoms with van der Waals surface area (Å²) in [5.74, 6) is 1.02. The highest BCUT2D eigenvalue weighted by Crippen LogP contribution is 2.33. The third-order valence-corrected chi connectivity index (χ3v) is 5.89. The second-order valence-electron chi connectivity index (χ2n) is 6.46. The van der Waals surface area contributed by atoms with E-state index in [9.17, 15) is 13.2 Å². The summed E-state index contributed by atoms with van der Waals surface area (Å²) in [7, 11) is -3.80. The van der Waals surface area contributed by atoms with E-state index >= 15 is 0 Å². The van der Waals surface area contributed by atoms with Crippen molar-refractivity contribution in [3.8, 4) is 11.5 Å². The van der Waals surface area contributed by atoms with E-state index < -0.39 is 10.0 Å². The highest BCUT2D eigenvalue weighted by atomic mass is 32.2. The van der Waals surface area contributed by atoms with Crippen LogP contribution in [0.1, 0.15) is 19.3 Å². The molecule has 1 N–H and O–H groups in total. The maximum atomic E-state index is 12.8. The fourth-order valence-electron chi connectivity index (χ4n) is 3.18. The van der Waals surface area contributed by atoms with Gasteiger partial charge in [0, 0.05) is 31.1 Å². The Labute approximate surface area is 157 Å². The fourth-order valence-corrected chi connectivity index (χ4v) is 4.25. The molecule has 0 spiro atoms. The van der Waals surface area contributed by atoms with Gasteiger partial charge in [-0.25, -0.2) is 8.42 Å². The van der Waals surface area contributed by atoms with E-state index in [2.05, 4.69) is 4.72 Å². The lowest BCUT2D eigenvalue weighted by Gasteiger charge is -2.17. The first-order chi connectivity index (χ1) is 13.0. The standard InChI is InChI=1S/C19H20N2O5S/c22-19-6-2-9-21(19)15-5-1-4-14(12-15)20-27(23,24)16-7-8-17-18(13-16)26-11-3-10-25-17/h1,4-5,7-8,12-13,20H,2-3,6,9-11H2. The number of fused-ring (bicyclic) bond motifs is 1. The summed E-state index contributed by atoms with van der Waals surface area (Å²) in [6.45, 7) is 1.67. The first-order valence-corrected chi connectivity index (χ1v) is 10.3. The second kappa shape index (κ2) is 7.11. The minimum Gasteiger partial charge on any atom is -0.490 e. The first-order valence-electron chi connectivity index (χ1n) is 8.86. The molecule has 1 amide bonds. The van der Waals surface area contributed by atoms with Gasteiger partial charge in [0.15, 0.2) is 11.5 Å². The first kappa shape index (κ1) is 17.7. The molecule has 0 radical (unpaired) electrons. The number of rotatable bonds is 4. The van der Waals surface area contributed by atoms with Gasteiger partial charge in [0.05, 0.1) is 23.8 Å². The van der Waals surface area contributed by atoms with Crippen LogP contribution < -0.4 is 19.1 Å². The number of amides is 1. The largest absolute Gasteiger partial charge is 0.490 e. The molecule has 1 fully saturated rings. The number of ether oxygens (including phenoxy) is 2. The molecular weight excluding hydrogens is 368 g/mol. The van der Waals surface area contributed by atoms with E-state index in [1.54, 1.807) is 35.2 Å². The third kappa shape index (κ3) is 3.71. The Hall–Kier alpha value is -2.74. The molecule has 1 saturated heterocycles. The van der Waals surface area contributed by atoms with Crippen LogP contribution in [0, 0.1) is 0 Å². The van der Waals surface area contributed by atoms with E-state index in [0.717, 1.165) is 12.8 Å². The van der Waals surface area contributed by atoms with Gasteiger partial charge in [-0.05, 0) is 36.8 Å². The molecule has 2 aliphatic heterocycles. The summed E-state index contributed by atoms with van der Waals surface area (Å²) in [6.07, 6.45) is 2.08. The van der Waals surface area contributed by atoms with Crippen LogP contribution in [0.2, 0.25) is 0 Å². The number of hydrogen-bond acceptors (Lipinski definition) is 5. The van der Waals surface area contributed by atoms with E-state index in [1.807, 2.05) is 0 Å². The average Bonchev–Trinajstić information content (AvgIpc) is 2.94. The Morgan fingerprint density at radius 2 is 1.78 bits per heavy atom. The molecule has 4 rings (SSSR count). The number of sulfonamides is 1. The van der Waals surface area contributed by atoms with Gasteiger partial charge in [0.25, 0.3) is 10.0 Å². The summed E-state index contributed by atoms with van der Waals surface area (Å²) < 4.78 is 39.2. The Kier molecular flexibility index (Phi) is 4.65. The minimum absolute atomic E-state index is 0.0536. The van der Waals surface area contributed by atoms with Crippen LogP contribution in [-0.4, -0.2) is 34.1 Å². The Bertz CT molecular complexity index is 974. The molecule has 2 heterocycles. The number of anilines is 2. The molecule has 0 saturated carbocycles. The Morgan fingerprint density at radius 1 is 0.963 bits per heavy atom. The van der Waals surface area contributed by atoms with Crippen molar-refractivity contribution in [1.29, 1.82) is 0 Å². The van der Waals surface area contributed by atoms with Gasteiger partial charge in [0.1, 0.15) is 0 Å². The van der Waals surface area contributed by atoms with Crippen molar-refractivity contribution in [2.24, 2.45) is 0 Å². The Balaban J connectivity index is 1.58. The average molecular weight is 388 g/mol. The van der Waals surface area contributed by atoms with Crippen molar-refractivity contribution in [3.05, 3.63) is 42.5 Å². The predicted octanol–water partition coefficient (Wildman–Crippen LogP) is 2.78. The molecule has 0 aromatic heterocycles. The van der Waals surface area contributed by atoms with Crippen LogP contribution >= 0.6 is 0 Å². The maximum absolute atomic E-state index is 12.8. The van der Waals surface area contributed by atoms with Crippen molar-refractivity contribution >= 4 is 27.3 Å². The van der Waals surface area contributed by atoms with Gasteiger partial charge in [-0.2, -0.15) is 0 Å². The van der Waals surface area contributed by atoms with Gasteiger partial charge < -0.3 is 14.4 Å². The van der Waals surface area contributed by atoms with Crippen molar-refractivity contribution in [1.82, 2.24) is 0 Å². The topological polar surface area (TPSA) is 84.9 Å². The zero-order valence-corrected chi connectivity index (χ0v) is 15.5. The number of nitrogens with zero attached hydrogens (tertiary/aromatic N) is 1. The molecule has 8 heteroatoms. The number of carbonyl (C=O) groups excluding carboxylic acids is 1. The molecule has 0 unspecified atom stereocenters. The van der Waals surface area contributed by atoms with E-state index in [4.69, 9.17) is 9.47 Å². The van der Waals surface area contributed by atoms with Gasteiger partial charge >= 0.3 is 0 Å². The van der Waals surface area contributed by atoms with Crippen molar-refractivity contribution in [2.75, 3.05) is 29.4 Å². The Morgan fingerprint density at radius 3 is 2.56 bits per heavy atom. The molecule has 2 aliphatic rings. The van der Waals surface area contributed by atoms with Crippen LogP contribution in [0.3, 0.4) is 0 Å². The molecule has 0 atom stereocenters. The van der Waals surface area contributed by atoms with Crippen LogP contribution in [0.5, 0.6) is 11.5 Å². The number of benzene rings is 2. The molecular formula is C19H20N2O5S. The van der Waals surface area contributed by atoms with Crippen LogP contribution in [0.25, 0.3) is 0 Å². The van der Waals surface area contributed by atoms with Crippen molar-refractivity contribution in [3.63, 3.8) is 0 Å². The van der Waals surface area contributed by atoms with E-state index in [0.29, 0.717) is 49.1 Å². The summed E-state index contributed by atoms with van der Waals surface area (Å²) in [6, 6.07) is 11.4. The number of carbonyl (C=O) groups is 1. The lowest BCUT2D eigenvalue weighted by atomic mass is 10.2. The maximum Gasteiger partial charge on any atom is 0.262 e. The molecule has 27 heavy (non-hydrogen) atoms. The van der Waals surface area contributed by atoms with Gasteiger partial charge in [-0.3, -0.25) is 9.52 Å². The zero-order valence-electron chi connectivity index (χ0n) is 14.7. The zero-order chi connectivity index (χ0) is 18.9. The molecule has 2 aromatic rings. The van der Waals surface area contributed by atoms with E-state index in [-0.39, 0.29) is 10.8 Å². The quantitative estimate of drug-likeness (QED) is 0.871. The molecule has 2 aromatic carbocycles. The highest BCUT2D eigenvalue weighted by molar-refractivity contribution is 7.92. The van der Waals surface area contributed by atoms with Crippen LogP contribution in [-0.2, 0) is 14.8 Å².